The van der Waals surface area contributed by atoms with E-state index in [2.05, 4.69) is 0 Å². The Morgan fingerprint density at radius 3 is 2.56 bits per heavy atom. The van der Waals surface area contributed by atoms with Gasteiger partial charge in [0, 0.05) is 7.11 Å². The highest BCUT2D eigenvalue weighted by Crippen LogP contribution is 2.40. The number of methoxy groups -OCH3 is 2. The van der Waals surface area contributed by atoms with E-state index in [0.29, 0.717) is 19.1 Å². The first-order chi connectivity index (χ1) is 8.74. The summed E-state index contributed by atoms with van der Waals surface area (Å²) in [5, 5.41) is 9.33. The van der Waals surface area contributed by atoms with Crippen LogP contribution in [0.4, 0.5) is 0 Å². The van der Waals surface area contributed by atoms with Gasteiger partial charge in [-0.05, 0) is 36.5 Å². The maximum atomic E-state index is 9.33. The highest BCUT2D eigenvalue weighted by Gasteiger charge is 2.29. The molecule has 0 amide bonds. The van der Waals surface area contributed by atoms with Crippen LogP contribution >= 0.6 is 0 Å². The van der Waals surface area contributed by atoms with E-state index in [1.807, 2.05) is 18.2 Å². The van der Waals surface area contributed by atoms with Crippen molar-refractivity contribution in [3.63, 3.8) is 0 Å². The summed E-state index contributed by atoms with van der Waals surface area (Å²) in [6.07, 6.45) is 1.54. The average molecular weight is 252 g/mol. The van der Waals surface area contributed by atoms with Gasteiger partial charge < -0.3 is 19.3 Å². The van der Waals surface area contributed by atoms with Crippen LogP contribution in [0.25, 0.3) is 0 Å². The average Bonchev–Trinajstić information content (AvgIpc) is 2.36. The Morgan fingerprint density at radius 2 is 1.94 bits per heavy atom. The van der Waals surface area contributed by atoms with E-state index in [9.17, 15) is 5.11 Å². The van der Waals surface area contributed by atoms with Crippen molar-refractivity contribution in [3.05, 3.63) is 23.8 Å². The topological polar surface area (TPSA) is 47.9 Å². The first-order valence-electron chi connectivity index (χ1n) is 6.22. The van der Waals surface area contributed by atoms with Gasteiger partial charge in [0.1, 0.15) is 6.61 Å². The van der Waals surface area contributed by atoms with Gasteiger partial charge >= 0.3 is 0 Å². The summed E-state index contributed by atoms with van der Waals surface area (Å²) in [7, 11) is 3.28. The first-order valence-corrected chi connectivity index (χ1v) is 6.22. The summed E-state index contributed by atoms with van der Waals surface area (Å²) >= 11 is 0. The zero-order valence-corrected chi connectivity index (χ0v) is 10.9. The molecule has 1 aliphatic rings. The standard InChI is InChI=1S/C14H20O4/c1-16-5-6-18-13-4-3-10(9-14(13)17-2)11-7-12(15)8-11/h3-4,9,11-12,15H,5-8H2,1-2H3. The molecule has 1 saturated carbocycles. The van der Waals surface area contributed by atoms with E-state index in [4.69, 9.17) is 14.2 Å². The highest BCUT2D eigenvalue weighted by atomic mass is 16.5. The minimum Gasteiger partial charge on any atom is -0.493 e. The lowest BCUT2D eigenvalue weighted by atomic mass is 9.77. The maximum absolute atomic E-state index is 9.33. The monoisotopic (exact) mass is 252 g/mol. The summed E-state index contributed by atoms with van der Waals surface area (Å²) in [5.74, 6) is 1.92. The molecule has 0 aliphatic heterocycles. The molecule has 0 aromatic heterocycles. The summed E-state index contributed by atoms with van der Waals surface area (Å²) in [4.78, 5) is 0. The number of ether oxygens (including phenoxy) is 3. The van der Waals surface area contributed by atoms with Crippen molar-refractivity contribution in [3.8, 4) is 11.5 Å². The van der Waals surface area contributed by atoms with Crippen molar-refractivity contribution in [2.24, 2.45) is 0 Å². The molecule has 0 unspecified atom stereocenters. The number of benzene rings is 1. The predicted octanol–water partition coefficient (Wildman–Crippen LogP) is 1.96. The zero-order valence-electron chi connectivity index (χ0n) is 10.9. The van der Waals surface area contributed by atoms with Crippen molar-refractivity contribution >= 4 is 0 Å². The molecule has 4 nitrogen and oxygen atoms in total. The molecule has 2 rings (SSSR count). The normalized spacial score (nSPS) is 22.4. The van der Waals surface area contributed by atoms with Crippen LogP contribution in [0.3, 0.4) is 0 Å². The van der Waals surface area contributed by atoms with Gasteiger partial charge in [-0.15, -0.1) is 0 Å². The number of rotatable bonds is 6. The van der Waals surface area contributed by atoms with Crippen molar-refractivity contribution in [1.82, 2.24) is 0 Å². The van der Waals surface area contributed by atoms with E-state index < -0.39 is 0 Å². The van der Waals surface area contributed by atoms with Gasteiger partial charge in [-0.3, -0.25) is 0 Å². The molecular weight excluding hydrogens is 232 g/mol. The molecule has 0 heterocycles. The van der Waals surface area contributed by atoms with Crippen LogP contribution < -0.4 is 9.47 Å². The fourth-order valence-electron chi connectivity index (χ4n) is 2.15. The van der Waals surface area contributed by atoms with Gasteiger partial charge in [-0.25, -0.2) is 0 Å². The number of aliphatic hydroxyl groups is 1. The first kappa shape index (κ1) is 13.2. The molecule has 0 bridgehead atoms. The van der Waals surface area contributed by atoms with Crippen LogP contribution in [0.2, 0.25) is 0 Å². The van der Waals surface area contributed by atoms with E-state index >= 15 is 0 Å². The summed E-state index contributed by atoms with van der Waals surface area (Å²) in [6, 6.07) is 5.97. The Bertz CT molecular complexity index is 385. The lowest BCUT2D eigenvalue weighted by molar-refractivity contribution is 0.0745. The van der Waals surface area contributed by atoms with Crippen LogP contribution in [0.5, 0.6) is 11.5 Å². The van der Waals surface area contributed by atoms with Crippen molar-refractivity contribution < 1.29 is 19.3 Å². The predicted molar refractivity (Wildman–Crippen MR) is 68.3 cm³/mol. The Balaban J connectivity index is 2.03. The molecule has 1 N–H and O–H groups in total. The molecule has 0 atom stereocenters. The second-order valence-corrected chi connectivity index (χ2v) is 4.57. The number of hydrogen-bond acceptors (Lipinski definition) is 4. The molecular formula is C14H20O4. The van der Waals surface area contributed by atoms with E-state index in [1.54, 1.807) is 14.2 Å². The SMILES string of the molecule is COCCOc1ccc(C2CC(O)C2)cc1OC. The summed E-state index contributed by atoms with van der Waals surface area (Å²) < 4.78 is 15.9. The zero-order chi connectivity index (χ0) is 13.0. The molecule has 18 heavy (non-hydrogen) atoms. The Kier molecular flexibility index (Phi) is 4.44. The maximum Gasteiger partial charge on any atom is 0.161 e. The van der Waals surface area contributed by atoms with E-state index in [1.165, 1.54) is 5.56 Å². The van der Waals surface area contributed by atoms with Crippen LogP contribution in [-0.2, 0) is 4.74 Å². The summed E-state index contributed by atoms with van der Waals surface area (Å²) in [6.45, 7) is 1.06. The van der Waals surface area contributed by atoms with Crippen LogP contribution in [-0.4, -0.2) is 38.6 Å². The van der Waals surface area contributed by atoms with Gasteiger partial charge in [-0.2, -0.15) is 0 Å². The minimum absolute atomic E-state index is 0.140. The lowest BCUT2D eigenvalue weighted by Crippen LogP contribution is -2.26. The van der Waals surface area contributed by atoms with Gasteiger partial charge in [-0.1, -0.05) is 6.07 Å². The molecule has 4 heteroatoms. The molecule has 1 aliphatic carbocycles. The second-order valence-electron chi connectivity index (χ2n) is 4.57. The van der Waals surface area contributed by atoms with Crippen molar-refractivity contribution in [2.75, 3.05) is 27.4 Å². The van der Waals surface area contributed by atoms with Crippen molar-refractivity contribution in [2.45, 2.75) is 24.9 Å². The quantitative estimate of drug-likeness (QED) is 0.786. The third-order valence-corrected chi connectivity index (χ3v) is 3.32. The fourth-order valence-corrected chi connectivity index (χ4v) is 2.15. The number of aliphatic hydroxyl groups excluding tert-OH is 1. The molecule has 1 fully saturated rings. The minimum atomic E-state index is -0.140. The molecule has 0 spiro atoms. The largest absolute Gasteiger partial charge is 0.493 e. The third kappa shape index (κ3) is 2.94. The van der Waals surface area contributed by atoms with E-state index in [0.717, 1.165) is 24.3 Å². The third-order valence-electron chi connectivity index (χ3n) is 3.32. The molecule has 0 radical (unpaired) electrons. The smallest absolute Gasteiger partial charge is 0.161 e. The Morgan fingerprint density at radius 1 is 1.17 bits per heavy atom. The fraction of sp³-hybridized carbons (Fsp3) is 0.571. The molecule has 1 aromatic carbocycles. The number of hydrogen-bond donors (Lipinski definition) is 1. The van der Waals surface area contributed by atoms with Gasteiger partial charge in [0.05, 0.1) is 19.8 Å². The van der Waals surface area contributed by atoms with Gasteiger partial charge in [0.15, 0.2) is 11.5 Å². The van der Waals surface area contributed by atoms with Crippen LogP contribution in [0.1, 0.15) is 24.3 Å². The Labute approximate surface area is 107 Å². The van der Waals surface area contributed by atoms with E-state index in [-0.39, 0.29) is 6.10 Å². The van der Waals surface area contributed by atoms with Crippen LogP contribution in [0.15, 0.2) is 18.2 Å². The van der Waals surface area contributed by atoms with Crippen LogP contribution in [0, 0.1) is 0 Å². The molecule has 0 saturated heterocycles. The highest BCUT2D eigenvalue weighted by molar-refractivity contribution is 5.44. The second kappa shape index (κ2) is 6.07. The summed E-state index contributed by atoms with van der Waals surface area (Å²) in [5.41, 5.74) is 1.20. The molecule has 1 aromatic rings. The molecule has 100 valence electrons. The van der Waals surface area contributed by atoms with Crippen molar-refractivity contribution in [1.29, 1.82) is 0 Å². The van der Waals surface area contributed by atoms with Gasteiger partial charge in [0.25, 0.3) is 0 Å². The lowest BCUT2D eigenvalue weighted by Gasteiger charge is -2.32. The van der Waals surface area contributed by atoms with Gasteiger partial charge in [0.2, 0.25) is 0 Å². The Hall–Kier alpha value is -1.26.